The number of aryl methyl sites for hydroxylation is 2. The summed E-state index contributed by atoms with van der Waals surface area (Å²) in [5.41, 5.74) is 1.61. The summed E-state index contributed by atoms with van der Waals surface area (Å²) in [6, 6.07) is 6.90. The van der Waals surface area contributed by atoms with Gasteiger partial charge in [0.05, 0.1) is 17.1 Å². The van der Waals surface area contributed by atoms with E-state index >= 15 is 0 Å². The highest BCUT2D eigenvalue weighted by molar-refractivity contribution is 7.18. The van der Waals surface area contributed by atoms with Crippen molar-refractivity contribution in [3.8, 4) is 0 Å². The Labute approximate surface area is 161 Å². The maximum Gasteiger partial charge on any atom is 0.259 e. The number of aromatic nitrogens is 2. The first kappa shape index (κ1) is 18.1. The van der Waals surface area contributed by atoms with Crippen LogP contribution in [0.1, 0.15) is 29.2 Å². The lowest BCUT2D eigenvalue weighted by atomic mass is 10.2. The van der Waals surface area contributed by atoms with E-state index in [0.717, 1.165) is 41.5 Å². The van der Waals surface area contributed by atoms with E-state index in [2.05, 4.69) is 21.7 Å². The molecule has 27 heavy (non-hydrogen) atoms. The Morgan fingerprint density at radius 3 is 2.59 bits per heavy atom. The third-order valence-corrected chi connectivity index (χ3v) is 6.61. The van der Waals surface area contributed by atoms with Crippen molar-refractivity contribution in [3.05, 3.63) is 56.7 Å². The number of para-hydroxylation sites is 1. The molecular weight excluding hydrogens is 363 g/mol. The second-order valence-corrected chi connectivity index (χ2v) is 8.27. The molecule has 0 radical (unpaired) electrons. The summed E-state index contributed by atoms with van der Waals surface area (Å²) in [7, 11) is 0. The standard InChI is InChI=1S/C20H23FN4OS/c1-12-14(3)27-20-17(12)19(26)22-18(23-20)13(2)24-8-10-25(11-9-24)16-7-5-4-6-15(16)21/h4-7,13H,8-11H2,1-3H3,(H,22,23,26)/t13-/m1/s1. The van der Waals surface area contributed by atoms with Crippen molar-refractivity contribution in [2.24, 2.45) is 0 Å². The number of piperazine rings is 1. The maximum absolute atomic E-state index is 14.0. The van der Waals surface area contributed by atoms with Gasteiger partial charge in [-0.15, -0.1) is 11.3 Å². The number of aromatic amines is 1. The van der Waals surface area contributed by atoms with Crippen LogP contribution < -0.4 is 10.5 Å². The molecule has 4 rings (SSSR count). The van der Waals surface area contributed by atoms with Gasteiger partial charge in [-0.25, -0.2) is 9.37 Å². The van der Waals surface area contributed by atoms with Gasteiger partial charge in [-0.1, -0.05) is 12.1 Å². The number of nitrogens with zero attached hydrogens (tertiary/aromatic N) is 3. The normalized spacial score (nSPS) is 16.8. The number of halogens is 1. The van der Waals surface area contributed by atoms with Gasteiger partial charge in [0.25, 0.3) is 5.56 Å². The number of fused-ring (bicyclic) bond motifs is 1. The van der Waals surface area contributed by atoms with Crippen molar-refractivity contribution in [2.75, 3.05) is 31.1 Å². The van der Waals surface area contributed by atoms with Crippen molar-refractivity contribution in [1.29, 1.82) is 0 Å². The molecule has 1 atom stereocenters. The summed E-state index contributed by atoms with van der Waals surface area (Å²) in [6.07, 6.45) is 0. The summed E-state index contributed by atoms with van der Waals surface area (Å²) in [5.74, 6) is 0.520. The Morgan fingerprint density at radius 1 is 1.19 bits per heavy atom. The van der Waals surface area contributed by atoms with Crippen molar-refractivity contribution >= 4 is 27.2 Å². The topological polar surface area (TPSA) is 52.2 Å². The van der Waals surface area contributed by atoms with Gasteiger partial charge in [-0.3, -0.25) is 9.69 Å². The monoisotopic (exact) mass is 386 g/mol. The van der Waals surface area contributed by atoms with E-state index in [4.69, 9.17) is 4.98 Å². The third kappa shape index (κ3) is 3.26. The van der Waals surface area contributed by atoms with Gasteiger partial charge < -0.3 is 9.88 Å². The number of benzene rings is 1. The van der Waals surface area contributed by atoms with Crippen LogP contribution in [0, 0.1) is 19.7 Å². The van der Waals surface area contributed by atoms with Gasteiger partial charge in [0.2, 0.25) is 0 Å². The Morgan fingerprint density at radius 2 is 1.89 bits per heavy atom. The lowest BCUT2D eigenvalue weighted by Gasteiger charge is -2.38. The minimum absolute atomic E-state index is 0.00702. The molecular formula is C20H23FN4OS. The van der Waals surface area contributed by atoms with Crippen LogP contribution in [0.15, 0.2) is 29.1 Å². The van der Waals surface area contributed by atoms with E-state index < -0.39 is 0 Å². The molecule has 0 spiro atoms. The van der Waals surface area contributed by atoms with Gasteiger partial charge in [0, 0.05) is 31.1 Å². The fourth-order valence-electron chi connectivity index (χ4n) is 3.70. The zero-order chi connectivity index (χ0) is 19.1. The summed E-state index contributed by atoms with van der Waals surface area (Å²) >= 11 is 1.57. The van der Waals surface area contributed by atoms with Crippen LogP contribution >= 0.6 is 11.3 Å². The Bertz CT molecular complexity index is 1040. The van der Waals surface area contributed by atoms with E-state index in [1.165, 1.54) is 6.07 Å². The van der Waals surface area contributed by atoms with E-state index in [1.807, 2.05) is 26.0 Å². The highest BCUT2D eigenvalue weighted by atomic mass is 32.1. The molecule has 1 saturated heterocycles. The quantitative estimate of drug-likeness (QED) is 0.747. The molecule has 0 bridgehead atoms. The zero-order valence-corrected chi connectivity index (χ0v) is 16.6. The summed E-state index contributed by atoms with van der Waals surface area (Å²) in [5, 5.41) is 0.706. The molecule has 0 saturated carbocycles. The number of H-pyrrole nitrogens is 1. The first-order valence-electron chi connectivity index (χ1n) is 9.19. The van der Waals surface area contributed by atoms with Crippen molar-refractivity contribution in [3.63, 3.8) is 0 Å². The van der Waals surface area contributed by atoms with E-state index in [1.54, 1.807) is 17.4 Å². The number of hydrogen-bond acceptors (Lipinski definition) is 5. The molecule has 3 aromatic rings. The summed E-state index contributed by atoms with van der Waals surface area (Å²) < 4.78 is 14.0. The van der Waals surface area contributed by atoms with Gasteiger partial charge in [0.15, 0.2) is 0 Å². The molecule has 1 aliphatic rings. The molecule has 142 valence electrons. The number of nitrogens with one attached hydrogen (secondary N) is 1. The van der Waals surface area contributed by atoms with Crippen molar-refractivity contribution < 1.29 is 4.39 Å². The van der Waals surface area contributed by atoms with Crippen LogP contribution in [-0.4, -0.2) is 41.0 Å². The van der Waals surface area contributed by atoms with Crippen molar-refractivity contribution in [1.82, 2.24) is 14.9 Å². The molecule has 1 fully saturated rings. The average Bonchev–Trinajstić information content (AvgIpc) is 2.96. The minimum Gasteiger partial charge on any atom is -0.367 e. The Kier molecular flexibility index (Phi) is 4.74. The molecule has 2 aromatic heterocycles. The van der Waals surface area contributed by atoms with E-state index in [-0.39, 0.29) is 17.4 Å². The second kappa shape index (κ2) is 7.05. The van der Waals surface area contributed by atoms with Gasteiger partial charge >= 0.3 is 0 Å². The van der Waals surface area contributed by atoms with E-state index in [0.29, 0.717) is 16.9 Å². The molecule has 7 heteroatoms. The van der Waals surface area contributed by atoms with Crippen LogP contribution in [0.2, 0.25) is 0 Å². The second-order valence-electron chi connectivity index (χ2n) is 7.06. The highest BCUT2D eigenvalue weighted by Gasteiger charge is 2.25. The maximum atomic E-state index is 14.0. The largest absolute Gasteiger partial charge is 0.367 e. The number of anilines is 1. The smallest absolute Gasteiger partial charge is 0.259 e. The molecule has 1 aromatic carbocycles. The zero-order valence-electron chi connectivity index (χ0n) is 15.8. The fraction of sp³-hybridized carbons (Fsp3) is 0.400. The molecule has 1 aliphatic heterocycles. The SMILES string of the molecule is Cc1sc2nc([C@@H](C)N3CCN(c4ccccc4F)CC3)[nH]c(=O)c2c1C. The number of thiophene rings is 1. The van der Waals surface area contributed by atoms with Crippen LogP contribution in [0.4, 0.5) is 10.1 Å². The molecule has 5 nitrogen and oxygen atoms in total. The number of rotatable bonds is 3. The van der Waals surface area contributed by atoms with Crippen LogP contribution in [0.25, 0.3) is 10.2 Å². The molecule has 0 unspecified atom stereocenters. The van der Waals surface area contributed by atoms with Crippen molar-refractivity contribution in [2.45, 2.75) is 26.8 Å². The highest BCUT2D eigenvalue weighted by Crippen LogP contribution is 2.28. The number of hydrogen-bond donors (Lipinski definition) is 1. The molecule has 0 amide bonds. The molecule has 3 heterocycles. The van der Waals surface area contributed by atoms with Gasteiger partial charge in [-0.05, 0) is 38.5 Å². The van der Waals surface area contributed by atoms with Gasteiger partial charge in [-0.2, -0.15) is 0 Å². The van der Waals surface area contributed by atoms with Crippen LogP contribution in [-0.2, 0) is 0 Å². The van der Waals surface area contributed by atoms with Crippen LogP contribution in [0.5, 0.6) is 0 Å². The Balaban J connectivity index is 1.53. The average molecular weight is 386 g/mol. The first-order chi connectivity index (χ1) is 13.0. The lowest BCUT2D eigenvalue weighted by molar-refractivity contribution is 0.191. The summed E-state index contributed by atoms with van der Waals surface area (Å²) in [6.45, 7) is 9.13. The molecule has 0 aliphatic carbocycles. The van der Waals surface area contributed by atoms with E-state index in [9.17, 15) is 9.18 Å². The van der Waals surface area contributed by atoms with Crippen LogP contribution in [0.3, 0.4) is 0 Å². The third-order valence-electron chi connectivity index (χ3n) is 5.51. The minimum atomic E-state index is -0.182. The first-order valence-corrected chi connectivity index (χ1v) is 10.0. The predicted molar refractivity (Wildman–Crippen MR) is 108 cm³/mol. The Hall–Kier alpha value is -2.25. The predicted octanol–water partition coefficient (Wildman–Crippen LogP) is 3.62. The fourth-order valence-corrected chi connectivity index (χ4v) is 4.74. The summed E-state index contributed by atoms with van der Waals surface area (Å²) in [4.78, 5) is 26.5. The van der Waals surface area contributed by atoms with Gasteiger partial charge in [0.1, 0.15) is 16.5 Å². The lowest BCUT2D eigenvalue weighted by Crippen LogP contribution is -2.47. The molecule has 1 N–H and O–H groups in total.